The first-order valence-electron chi connectivity index (χ1n) is 8.25. The van der Waals surface area contributed by atoms with Crippen LogP contribution in [0.15, 0.2) is 48.5 Å². The fourth-order valence-corrected chi connectivity index (χ4v) is 4.93. The van der Waals surface area contributed by atoms with Gasteiger partial charge >= 0.3 is 0 Å². The van der Waals surface area contributed by atoms with Crippen LogP contribution in [0, 0.1) is 4.64 Å². The minimum Gasteiger partial charge on any atom is -0.497 e. The highest BCUT2D eigenvalue weighted by Gasteiger charge is 2.34. The van der Waals surface area contributed by atoms with Crippen LogP contribution in [0.5, 0.6) is 5.75 Å². The number of anilines is 1. The number of aromatic nitrogens is 1. The number of fused-ring (bicyclic) bond motifs is 3. The first-order chi connectivity index (χ1) is 12.0. The van der Waals surface area contributed by atoms with Crippen LogP contribution in [-0.4, -0.2) is 11.1 Å². The van der Waals surface area contributed by atoms with E-state index in [1.54, 1.807) is 18.6 Å². The molecular weight excluding hydrogens is 348 g/mol. The SMILES string of the molecule is COc1ccc2c(c1)-c1c(sn(Cc3ccccc3)c1=S)C(C)(C)N2. The van der Waals surface area contributed by atoms with E-state index in [0.717, 1.165) is 33.7 Å². The molecule has 0 atom stereocenters. The predicted octanol–water partition coefficient (Wildman–Crippen LogP) is 5.66. The van der Waals surface area contributed by atoms with Gasteiger partial charge in [0.05, 0.1) is 24.1 Å². The van der Waals surface area contributed by atoms with E-state index in [-0.39, 0.29) is 5.54 Å². The molecule has 4 rings (SSSR count). The van der Waals surface area contributed by atoms with Crippen molar-refractivity contribution < 1.29 is 4.74 Å². The van der Waals surface area contributed by atoms with Crippen molar-refractivity contribution >= 4 is 29.4 Å². The van der Waals surface area contributed by atoms with Crippen molar-refractivity contribution in [2.75, 3.05) is 12.4 Å². The molecule has 0 bridgehead atoms. The van der Waals surface area contributed by atoms with Crippen LogP contribution in [0.3, 0.4) is 0 Å². The zero-order valence-electron chi connectivity index (χ0n) is 14.5. The summed E-state index contributed by atoms with van der Waals surface area (Å²) in [5, 5.41) is 3.64. The number of ether oxygens (including phenoxy) is 1. The Labute approximate surface area is 157 Å². The summed E-state index contributed by atoms with van der Waals surface area (Å²) in [6.07, 6.45) is 0. The molecule has 2 aromatic carbocycles. The summed E-state index contributed by atoms with van der Waals surface area (Å²) in [7, 11) is 1.70. The number of nitrogens with one attached hydrogen (secondary N) is 1. The molecule has 0 saturated carbocycles. The van der Waals surface area contributed by atoms with Gasteiger partial charge in [-0.25, -0.2) is 0 Å². The molecule has 25 heavy (non-hydrogen) atoms. The van der Waals surface area contributed by atoms with Gasteiger partial charge in [-0.1, -0.05) is 54.1 Å². The minimum absolute atomic E-state index is 0.156. The molecule has 0 spiro atoms. The Morgan fingerprint density at radius 1 is 1.16 bits per heavy atom. The molecule has 1 N–H and O–H groups in total. The van der Waals surface area contributed by atoms with Crippen molar-refractivity contribution in [3.05, 3.63) is 63.6 Å². The molecule has 0 aliphatic carbocycles. The lowest BCUT2D eigenvalue weighted by atomic mass is 9.90. The second kappa shape index (κ2) is 6.00. The summed E-state index contributed by atoms with van der Waals surface area (Å²) < 4.78 is 8.54. The van der Waals surface area contributed by atoms with Crippen LogP contribution in [0.1, 0.15) is 24.3 Å². The van der Waals surface area contributed by atoms with Crippen molar-refractivity contribution in [2.24, 2.45) is 0 Å². The smallest absolute Gasteiger partial charge is 0.124 e. The van der Waals surface area contributed by atoms with Crippen LogP contribution in [0.25, 0.3) is 11.1 Å². The van der Waals surface area contributed by atoms with Crippen molar-refractivity contribution in [1.29, 1.82) is 0 Å². The molecule has 5 heteroatoms. The van der Waals surface area contributed by atoms with Gasteiger partial charge in [0.2, 0.25) is 0 Å². The average molecular weight is 369 g/mol. The van der Waals surface area contributed by atoms with Crippen molar-refractivity contribution in [1.82, 2.24) is 3.96 Å². The van der Waals surface area contributed by atoms with Crippen molar-refractivity contribution in [3.63, 3.8) is 0 Å². The summed E-state index contributed by atoms with van der Waals surface area (Å²) in [4.78, 5) is 1.27. The Kier molecular flexibility index (Phi) is 3.93. The number of rotatable bonds is 3. The molecule has 3 aromatic rings. The first kappa shape index (κ1) is 16.4. The van der Waals surface area contributed by atoms with Crippen molar-refractivity contribution in [2.45, 2.75) is 25.9 Å². The number of hydrogen-bond acceptors (Lipinski definition) is 4. The summed E-state index contributed by atoms with van der Waals surface area (Å²) in [6.45, 7) is 5.21. The van der Waals surface area contributed by atoms with Gasteiger partial charge in [0.1, 0.15) is 10.4 Å². The van der Waals surface area contributed by atoms with Crippen LogP contribution >= 0.6 is 23.8 Å². The summed E-state index contributed by atoms with van der Waals surface area (Å²) in [6, 6.07) is 16.6. The molecule has 128 valence electrons. The van der Waals surface area contributed by atoms with Crippen LogP contribution < -0.4 is 10.1 Å². The average Bonchev–Trinajstić information content (AvgIpc) is 2.93. The van der Waals surface area contributed by atoms with Gasteiger partial charge in [-0.15, -0.1) is 0 Å². The lowest BCUT2D eigenvalue weighted by molar-refractivity contribution is 0.415. The number of nitrogens with zero attached hydrogens (tertiary/aromatic N) is 1. The molecule has 0 saturated heterocycles. The van der Waals surface area contributed by atoms with Gasteiger partial charge < -0.3 is 10.1 Å². The Morgan fingerprint density at radius 3 is 2.64 bits per heavy atom. The first-order valence-corrected chi connectivity index (χ1v) is 9.43. The van der Waals surface area contributed by atoms with E-state index in [4.69, 9.17) is 17.0 Å². The lowest BCUT2D eigenvalue weighted by Crippen LogP contribution is -2.30. The van der Waals surface area contributed by atoms with Gasteiger partial charge in [0, 0.05) is 16.8 Å². The largest absolute Gasteiger partial charge is 0.497 e. The third-order valence-electron chi connectivity index (χ3n) is 4.55. The van der Waals surface area contributed by atoms with Crippen LogP contribution in [-0.2, 0) is 12.1 Å². The van der Waals surface area contributed by atoms with Gasteiger partial charge in [0.15, 0.2) is 0 Å². The monoisotopic (exact) mass is 368 g/mol. The molecule has 2 heterocycles. The lowest BCUT2D eigenvalue weighted by Gasteiger charge is -2.33. The number of hydrogen-bond donors (Lipinski definition) is 1. The molecular formula is C20H20N2OS2. The van der Waals surface area contributed by atoms with Crippen molar-refractivity contribution in [3.8, 4) is 16.9 Å². The molecule has 0 fully saturated rings. The highest BCUT2D eigenvalue weighted by atomic mass is 32.1. The second-order valence-electron chi connectivity index (χ2n) is 6.78. The van der Waals surface area contributed by atoms with Gasteiger partial charge in [-0.05, 0) is 37.6 Å². The summed E-state index contributed by atoms with van der Waals surface area (Å²) in [5.74, 6) is 0.849. The maximum Gasteiger partial charge on any atom is 0.124 e. The number of benzene rings is 2. The summed E-state index contributed by atoms with van der Waals surface area (Å²) >= 11 is 7.62. The fraction of sp³-hybridized carbons (Fsp3) is 0.250. The van der Waals surface area contributed by atoms with E-state index >= 15 is 0 Å². The molecule has 3 nitrogen and oxygen atoms in total. The zero-order valence-corrected chi connectivity index (χ0v) is 16.1. The molecule has 0 amide bonds. The molecule has 1 aliphatic heterocycles. The van der Waals surface area contributed by atoms with E-state index in [2.05, 4.69) is 59.5 Å². The summed E-state index contributed by atoms with van der Waals surface area (Å²) in [5.41, 5.74) is 4.50. The van der Waals surface area contributed by atoms with Gasteiger partial charge in [-0.3, -0.25) is 3.96 Å². The van der Waals surface area contributed by atoms with Gasteiger partial charge in [-0.2, -0.15) is 0 Å². The van der Waals surface area contributed by atoms with E-state index in [1.807, 2.05) is 12.1 Å². The third-order valence-corrected chi connectivity index (χ3v) is 6.52. The zero-order chi connectivity index (χ0) is 17.6. The Balaban J connectivity index is 1.89. The highest BCUT2D eigenvalue weighted by Crippen LogP contribution is 2.47. The standard InChI is InChI=1S/C20H20N2OS2/c1-20(2)18-17(15-11-14(23-3)9-10-16(15)21-20)19(24)22(25-18)12-13-7-5-4-6-8-13/h4-11,21H,12H2,1-3H3. The fourth-order valence-electron chi connectivity index (χ4n) is 3.30. The van der Waals surface area contributed by atoms with Gasteiger partial charge in [0.25, 0.3) is 0 Å². The predicted molar refractivity (Wildman–Crippen MR) is 107 cm³/mol. The molecule has 0 unspecified atom stereocenters. The Bertz CT molecular complexity index is 987. The number of methoxy groups -OCH3 is 1. The highest BCUT2D eigenvalue weighted by molar-refractivity contribution is 7.71. The van der Waals surface area contributed by atoms with E-state index in [9.17, 15) is 0 Å². The molecule has 1 aromatic heterocycles. The maximum absolute atomic E-state index is 5.87. The normalized spacial score (nSPS) is 14.4. The quantitative estimate of drug-likeness (QED) is 0.604. The Hall–Kier alpha value is -2.11. The second-order valence-corrected chi connectivity index (χ2v) is 8.20. The maximum atomic E-state index is 5.87. The van der Waals surface area contributed by atoms with E-state index in [0.29, 0.717) is 0 Å². The third kappa shape index (κ3) is 2.77. The van der Waals surface area contributed by atoms with Crippen LogP contribution in [0.2, 0.25) is 0 Å². The Morgan fingerprint density at radius 2 is 1.92 bits per heavy atom. The van der Waals surface area contributed by atoms with E-state index < -0.39 is 0 Å². The van der Waals surface area contributed by atoms with E-state index in [1.165, 1.54) is 10.4 Å². The molecule has 0 radical (unpaired) electrons. The van der Waals surface area contributed by atoms with Crippen LogP contribution in [0.4, 0.5) is 5.69 Å². The molecule has 1 aliphatic rings. The minimum atomic E-state index is -0.156. The topological polar surface area (TPSA) is 26.2 Å².